The third kappa shape index (κ3) is 4.40. The van der Waals surface area contributed by atoms with E-state index in [9.17, 15) is 14.7 Å². The van der Waals surface area contributed by atoms with Crippen LogP contribution < -0.4 is 5.11 Å². The molecule has 1 aliphatic rings. The first-order valence-corrected chi connectivity index (χ1v) is 9.48. The number of aliphatic imine (C=N–C) groups is 1. The summed E-state index contributed by atoms with van der Waals surface area (Å²) in [7, 11) is 0. The lowest BCUT2D eigenvalue weighted by Crippen LogP contribution is -2.32. The Hall–Kier alpha value is -2.57. The van der Waals surface area contributed by atoms with Gasteiger partial charge in [-0.05, 0) is 35.7 Å². The van der Waals surface area contributed by atoms with E-state index in [0.717, 1.165) is 5.56 Å². The largest absolute Gasteiger partial charge is 0.545 e. The van der Waals surface area contributed by atoms with Gasteiger partial charge in [0.1, 0.15) is 0 Å². The standard InChI is InChI=1S/C20H17ClN2O3S/c1-2-11-23-18(24)17(12-14-5-3-4-6-16(14)21)27-20(23)22-15-9-7-13(8-10-15)19(25)26/h2-10,17H,1,11-12H2,(H,25,26)/p-1/t17-/m0/s1. The van der Waals surface area contributed by atoms with Crippen LogP contribution >= 0.6 is 23.4 Å². The number of rotatable bonds is 6. The molecule has 1 amide bonds. The van der Waals surface area contributed by atoms with Crippen molar-refractivity contribution in [2.45, 2.75) is 11.7 Å². The molecule has 0 bridgehead atoms. The third-order valence-electron chi connectivity index (χ3n) is 4.02. The van der Waals surface area contributed by atoms with Crippen LogP contribution in [-0.2, 0) is 11.2 Å². The molecule has 27 heavy (non-hydrogen) atoms. The van der Waals surface area contributed by atoms with Gasteiger partial charge in [-0.2, -0.15) is 0 Å². The Labute approximate surface area is 166 Å². The zero-order valence-corrected chi connectivity index (χ0v) is 15.9. The van der Waals surface area contributed by atoms with Crippen molar-refractivity contribution in [1.82, 2.24) is 4.90 Å². The number of halogens is 1. The highest BCUT2D eigenvalue weighted by atomic mass is 35.5. The van der Waals surface area contributed by atoms with Gasteiger partial charge in [0.2, 0.25) is 5.91 Å². The topological polar surface area (TPSA) is 72.8 Å². The summed E-state index contributed by atoms with van der Waals surface area (Å²) >= 11 is 7.59. The molecular formula is C20H16ClN2O3S-. The minimum absolute atomic E-state index is 0.0510. The van der Waals surface area contributed by atoms with E-state index in [0.29, 0.717) is 28.8 Å². The molecule has 0 spiro atoms. The Kier molecular flexibility index (Phi) is 5.98. The number of amidine groups is 1. The van der Waals surface area contributed by atoms with Crippen LogP contribution in [0.5, 0.6) is 0 Å². The smallest absolute Gasteiger partial charge is 0.242 e. The van der Waals surface area contributed by atoms with E-state index in [1.165, 1.54) is 23.9 Å². The second-order valence-electron chi connectivity index (χ2n) is 5.87. The Morgan fingerprint density at radius 3 is 2.59 bits per heavy atom. The molecule has 0 aromatic heterocycles. The van der Waals surface area contributed by atoms with Crippen molar-refractivity contribution in [1.29, 1.82) is 0 Å². The highest BCUT2D eigenvalue weighted by Crippen LogP contribution is 2.33. The van der Waals surface area contributed by atoms with Crippen LogP contribution in [0.15, 0.2) is 66.2 Å². The van der Waals surface area contributed by atoms with E-state index in [4.69, 9.17) is 11.6 Å². The van der Waals surface area contributed by atoms with Gasteiger partial charge < -0.3 is 9.90 Å². The van der Waals surface area contributed by atoms with Gasteiger partial charge >= 0.3 is 0 Å². The first kappa shape index (κ1) is 19.2. The van der Waals surface area contributed by atoms with E-state index >= 15 is 0 Å². The van der Waals surface area contributed by atoms with Crippen molar-refractivity contribution in [2.75, 3.05) is 6.54 Å². The second kappa shape index (κ2) is 8.41. The third-order valence-corrected chi connectivity index (χ3v) is 5.57. The monoisotopic (exact) mass is 399 g/mol. The second-order valence-corrected chi connectivity index (χ2v) is 7.45. The molecule has 0 aliphatic carbocycles. The lowest BCUT2D eigenvalue weighted by molar-refractivity contribution is -0.255. The number of carbonyl (C=O) groups excluding carboxylic acids is 2. The van der Waals surface area contributed by atoms with Crippen molar-refractivity contribution < 1.29 is 14.7 Å². The molecule has 5 nitrogen and oxygen atoms in total. The summed E-state index contributed by atoms with van der Waals surface area (Å²) in [6.45, 7) is 4.05. The number of amides is 1. The van der Waals surface area contributed by atoms with Gasteiger partial charge in [-0.15, -0.1) is 6.58 Å². The predicted molar refractivity (Wildman–Crippen MR) is 106 cm³/mol. The molecule has 0 unspecified atom stereocenters. The molecule has 0 radical (unpaired) electrons. The highest BCUT2D eigenvalue weighted by molar-refractivity contribution is 8.15. The lowest BCUT2D eigenvalue weighted by atomic mass is 10.1. The average molecular weight is 400 g/mol. The van der Waals surface area contributed by atoms with Crippen molar-refractivity contribution in [3.8, 4) is 0 Å². The minimum Gasteiger partial charge on any atom is -0.545 e. The molecule has 2 aromatic carbocycles. The molecule has 1 aliphatic heterocycles. The quantitative estimate of drug-likeness (QED) is 0.700. The van der Waals surface area contributed by atoms with Crippen LogP contribution in [0.4, 0.5) is 5.69 Å². The number of carbonyl (C=O) groups is 2. The molecule has 1 fully saturated rings. The number of hydrogen-bond donors (Lipinski definition) is 0. The molecule has 1 atom stereocenters. The first-order chi connectivity index (χ1) is 13.0. The number of aromatic carboxylic acids is 1. The maximum atomic E-state index is 12.8. The van der Waals surface area contributed by atoms with Gasteiger partial charge in [0.05, 0.1) is 16.9 Å². The average Bonchev–Trinajstić information content (AvgIpc) is 2.93. The lowest BCUT2D eigenvalue weighted by Gasteiger charge is -2.14. The SMILES string of the molecule is C=CCN1C(=O)[C@H](Cc2ccccc2Cl)SC1=Nc1ccc(C(=O)[O-])cc1. The fourth-order valence-electron chi connectivity index (χ4n) is 2.67. The van der Waals surface area contributed by atoms with Gasteiger partial charge in [-0.1, -0.05) is 59.8 Å². The Morgan fingerprint density at radius 1 is 1.26 bits per heavy atom. The molecule has 0 saturated carbocycles. The summed E-state index contributed by atoms with van der Waals surface area (Å²) in [5, 5.41) is 11.7. The van der Waals surface area contributed by atoms with E-state index in [2.05, 4.69) is 11.6 Å². The summed E-state index contributed by atoms with van der Waals surface area (Å²) in [4.78, 5) is 29.7. The Bertz CT molecular complexity index is 912. The molecule has 0 N–H and O–H groups in total. The van der Waals surface area contributed by atoms with E-state index in [1.807, 2.05) is 18.2 Å². The highest BCUT2D eigenvalue weighted by Gasteiger charge is 2.37. The van der Waals surface area contributed by atoms with Crippen LogP contribution in [-0.4, -0.2) is 33.7 Å². The van der Waals surface area contributed by atoms with Crippen molar-refractivity contribution in [3.63, 3.8) is 0 Å². The van der Waals surface area contributed by atoms with Crippen LogP contribution in [0.1, 0.15) is 15.9 Å². The zero-order valence-electron chi connectivity index (χ0n) is 14.3. The number of carboxylic acids is 1. The van der Waals surface area contributed by atoms with Crippen molar-refractivity contribution >= 4 is 46.1 Å². The number of hydrogen-bond acceptors (Lipinski definition) is 5. The van der Waals surface area contributed by atoms with Gasteiger partial charge in [0.25, 0.3) is 0 Å². The summed E-state index contributed by atoms with van der Waals surface area (Å²) in [6, 6.07) is 13.5. The molecule has 3 rings (SSSR count). The van der Waals surface area contributed by atoms with Crippen molar-refractivity contribution in [3.05, 3.63) is 77.3 Å². The molecule has 1 heterocycles. The fourth-order valence-corrected chi connectivity index (χ4v) is 4.08. The first-order valence-electron chi connectivity index (χ1n) is 8.22. The minimum atomic E-state index is -1.24. The fraction of sp³-hybridized carbons (Fsp3) is 0.150. The normalized spacial score (nSPS) is 18.1. The number of benzene rings is 2. The van der Waals surface area contributed by atoms with Crippen LogP contribution in [0.3, 0.4) is 0 Å². The Morgan fingerprint density at radius 2 is 1.96 bits per heavy atom. The van der Waals surface area contributed by atoms with Gasteiger partial charge in [0.15, 0.2) is 5.17 Å². The molecular weight excluding hydrogens is 384 g/mol. The van der Waals surface area contributed by atoms with E-state index in [1.54, 1.807) is 29.2 Å². The van der Waals surface area contributed by atoms with Crippen LogP contribution in [0.25, 0.3) is 0 Å². The van der Waals surface area contributed by atoms with Gasteiger partial charge in [-0.25, -0.2) is 4.99 Å². The van der Waals surface area contributed by atoms with E-state index < -0.39 is 5.97 Å². The summed E-state index contributed by atoms with van der Waals surface area (Å²) < 4.78 is 0. The Balaban J connectivity index is 1.85. The molecule has 2 aromatic rings. The predicted octanol–water partition coefficient (Wildman–Crippen LogP) is 3.06. The molecule has 7 heteroatoms. The number of thioether (sulfide) groups is 1. The van der Waals surface area contributed by atoms with Gasteiger partial charge in [0, 0.05) is 11.6 Å². The summed E-state index contributed by atoms with van der Waals surface area (Å²) in [5.74, 6) is -1.29. The molecule has 1 saturated heterocycles. The van der Waals surface area contributed by atoms with E-state index in [-0.39, 0.29) is 16.7 Å². The van der Waals surface area contributed by atoms with Crippen LogP contribution in [0, 0.1) is 0 Å². The number of carboxylic acid groups (broad SMARTS) is 1. The number of nitrogens with zero attached hydrogens (tertiary/aromatic N) is 2. The van der Waals surface area contributed by atoms with Crippen molar-refractivity contribution in [2.24, 2.45) is 4.99 Å². The van der Waals surface area contributed by atoms with Gasteiger partial charge in [-0.3, -0.25) is 9.69 Å². The van der Waals surface area contributed by atoms with Crippen LogP contribution in [0.2, 0.25) is 5.02 Å². The maximum absolute atomic E-state index is 12.8. The summed E-state index contributed by atoms with van der Waals surface area (Å²) in [5.41, 5.74) is 1.54. The maximum Gasteiger partial charge on any atom is 0.242 e. The zero-order chi connectivity index (χ0) is 19.4. The molecule has 138 valence electrons. The summed E-state index contributed by atoms with van der Waals surface area (Å²) in [6.07, 6.45) is 2.14.